The summed E-state index contributed by atoms with van der Waals surface area (Å²) in [4.78, 5) is 26.6. The molecule has 0 aromatic carbocycles. The Hall–Kier alpha value is -3.07. The van der Waals surface area contributed by atoms with Crippen LogP contribution in [-0.4, -0.2) is 37.6 Å². The Morgan fingerprint density at radius 3 is 2.92 bits per heavy atom. The lowest BCUT2D eigenvalue weighted by molar-refractivity contribution is 0.0605. The first kappa shape index (κ1) is 16.4. The van der Waals surface area contributed by atoms with E-state index in [-0.39, 0.29) is 5.97 Å². The monoisotopic (exact) mass is 368 g/mol. The van der Waals surface area contributed by atoms with Gasteiger partial charge in [-0.15, -0.1) is 11.3 Å². The number of hydrogen-bond donors (Lipinski definition) is 1. The Kier molecular flexibility index (Phi) is 4.00. The highest BCUT2D eigenvalue weighted by molar-refractivity contribution is 7.20. The molecule has 0 aliphatic heterocycles. The molecule has 4 aromatic heterocycles. The summed E-state index contributed by atoms with van der Waals surface area (Å²) < 4.78 is 6.65. The number of thiophene rings is 1. The quantitative estimate of drug-likeness (QED) is 0.554. The number of aromatic nitrogens is 5. The number of hydrogen-bond acceptors (Lipinski definition) is 8. The normalized spacial score (nSPS) is 11.2. The van der Waals surface area contributed by atoms with Crippen LogP contribution in [0.2, 0.25) is 0 Å². The third-order valence-corrected chi connectivity index (χ3v) is 5.24. The van der Waals surface area contributed by atoms with Gasteiger partial charge in [-0.25, -0.2) is 24.3 Å². The van der Waals surface area contributed by atoms with E-state index < -0.39 is 0 Å². The summed E-state index contributed by atoms with van der Waals surface area (Å²) in [6, 6.07) is 3.75. The molecular weight excluding hydrogens is 352 g/mol. The lowest BCUT2D eigenvalue weighted by atomic mass is 10.2. The number of methoxy groups -OCH3 is 1. The van der Waals surface area contributed by atoms with E-state index in [1.54, 1.807) is 16.9 Å². The van der Waals surface area contributed by atoms with Crippen LogP contribution in [0.4, 0.5) is 5.82 Å². The van der Waals surface area contributed by atoms with Crippen LogP contribution in [0.1, 0.15) is 26.8 Å². The second-order valence-electron chi connectivity index (χ2n) is 5.74. The molecule has 0 radical (unpaired) electrons. The minimum atomic E-state index is -0.360. The van der Waals surface area contributed by atoms with Gasteiger partial charge in [-0.05, 0) is 25.5 Å². The average Bonchev–Trinajstić information content (AvgIpc) is 3.24. The van der Waals surface area contributed by atoms with Crippen molar-refractivity contribution in [1.29, 1.82) is 0 Å². The zero-order chi connectivity index (χ0) is 18.3. The van der Waals surface area contributed by atoms with Crippen molar-refractivity contribution in [3.63, 3.8) is 0 Å². The van der Waals surface area contributed by atoms with Crippen LogP contribution in [0.15, 0.2) is 24.5 Å². The molecule has 0 saturated heterocycles. The first-order valence-electron chi connectivity index (χ1n) is 7.96. The summed E-state index contributed by atoms with van der Waals surface area (Å²) in [5.74, 6) is 0.964. The highest BCUT2D eigenvalue weighted by Gasteiger charge is 2.20. The maximum absolute atomic E-state index is 12.0. The molecule has 1 N–H and O–H groups in total. The summed E-state index contributed by atoms with van der Waals surface area (Å²) in [5.41, 5.74) is 2.55. The molecule has 0 amide bonds. The van der Waals surface area contributed by atoms with Crippen LogP contribution in [-0.2, 0) is 11.3 Å². The third kappa shape index (κ3) is 2.66. The summed E-state index contributed by atoms with van der Waals surface area (Å²) in [6.07, 6.45) is 3.46. The van der Waals surface area contributed by atoms with Crippen LogP contribution in [0.3, 0.4) is 0 Å². The molecule has 0 aliphatic rings. The molecule has 0 bridgehead atoms. The molecule has 0 unspecified atom stereocenters. The van der Waals surface area contributed by atoms with Crippen molar-refractivity contribution >= 4 is 39.0 Å². The Bertz CT molecular complexity index is 1130. The lowest BCUT2D eigenvalue weighted by Gasteiger charge is -2.09. The molecule has 0 aliphatic carbocycles. The summed E-state index contributed by atoms with van der Waals surface area (Å²) in [7, 11) is 1.38. The minimum absolute atomic E-state index is 0.360. The number of ether oxygens (including phenoxy) is 1. The van der Waals surface area contributed by atoms with Gasteiger partial charge < -0.3 is 10.1 Å². The fourth-order valence-electron chi connectivity index (χ4n) is 2.85. The van der Waals surface area contributed by atoms with Gasteiger partial charge in [0.05, 0.1) is 30.9 Å². The number of anilines is 1. The van der Waals surface area contributed by atoms with Crippen LogP contribution < -0.4 is 5.32 Å². The van der Waals surface area contributed by atoms with E-state index >= 15 is 0 Å². The summed E-state index contributed by atoms with van der Waals surface area (Å²) in [6.45, 7) is 4.22. The molecule has 4 aromatic rings. The van der Waals surface area contributed by atoms with E-state index in [2.05, 4.69) is 25.4 Å². The Labute approximate surface area is 152 Å². The van der Waals surface area contributed by atoms with Crippen molar-refractivity contribution in [3.05, 3.63) is 46.5 Å². The standard InChI is InChI=1S/C17H16N6O2S/c1-9-13-15(19-8-11-4-6-18-12-5-7-20-23(11)12)21-10(2)22-16(13)26-14(9)17(24)25-3/h4-7H,8H2,1-3H3,(H,19,21,22). The molecule has 4 heterocycles. The number of aryl methyl sites for hydroxylation is 2. The van der Waals surface area contributed by atoms with E-state index in [1.807, 2.05) is 26.0 Å². The van der Waals surface area contributed by atoms with E-state index in [0.29, 0.717) is 23.1 Å². The van der Waals surface area contributed by atoms with Crippen LogP contribution >= 0.6 is 11.3 Å². The third-order valence-electron chi connectivity index (χ3n) is 4.08. The minimum Gasteiger partial charge on any atom is -0.465 e. The van der Waals surface area contributed by atoms with Crippen molar-refractivity contribution in [2.24, 2.45) is 0 Å². The van der Waals surface area contributed by atoms with E-state index in [4.69, 9.17) is 4.74 Å². The fraction of sp³-hybridized carbons (Fsp3) is 0.235. The molecule has 0 saturated carbocycles. The number of carbonyl (C=O) groups excluding carboxylic acids is 1. The van der Waals surface area contributed by atoms with Gasteiger partial charge in [0, 0.05) is 12.3 Å². The number of rotatable bonds is 4. The smallest absolute Gasteiger partial charge is 0.348 e. The fourth-order valence-corrected chi connectivity index (χ4v) is 4.00. The molecule has 9 heteroatoms. The van der Waals surface area contributed by atoms with Crippen LogP contribution in [0.5, 0.6) is 0 Å². The number of nitrogens with zero attached hydrogens (tertiary/aromatic N) is 5. The molecule has 26 heavy (non-hydrogen) atoms. The number of fused-ring (bicyclic) bond motifs is 2. The van der Waals surface area contributed by atoms with Crippen LogP contribution in [0.25, 0.3) is 15.9 Å². The molecule has 0 atom stereocenters. The number of carbonyl (C=O) groups is 1. The second kappa shape index (κ2) is 6.34. The van der Waals surface area contributed by atoms with Gasteiger partial charge in [0.25, 0.3) is 0 Å². The SMILES string of the molecule is COC(=O)c1sc2nc(C)nc(NCc3ccnc4ccnn34)c2c1C. The average molecular weight is 368 g/mol. The van der Waals surface area contributed by atoms with Crippen molar-refractivity contribution in [2.75, 3.05) is 12.4 Å². The van der Waals surface area contributed by atoms with Gasteiger partial charge in [0.1, 0.15) is 21.3 Å². The topological polar surface area (TPSA) is 94.3 Å². The molecular formula is C17H16N6O2S. The van der Waals surface area contributed by atoms with Crippen LogP contribution in [0, 0.1) is 13.8 Å². The predicted octanol–water partition coefficient (Wildman–Crippen LogP) is 2.75. The largest absolute Gasteiger partial charge is 0.465 e. The number of nitrogens with one attached hydrogen (secondary N) is 1. The lowest BCUT2D eigenvalue weighted by Crippen LogP contribution is -2.08. The first-order chi connectivity index (χ1) is 12.6. The van der Waals surface area contributed by atoms with E-state index in [9.17, 15) is 4.79 Å². The maximum atomic E-state index is 12.0. The first-order valence-corrected chi connectivity index (χ1v) is 8.77. The Morgan fingerprint density at radius 1 is 1.27 bits per heavy atom. The van der Waals surface area contributed by atoms with E-state index in [1.165, 1.54) is 18.4 Å². The zero-order valence-electron chi connectivity index (χ0n) is 14.5. The van der Waals surface area contributed by atoms with Gasteiger partial charge in [0.2, 0.25) is 0 Å². The van der Waals surface area contributed by atoms with E-state index in [0.717, 1.165) is 27.1 Å². The molecule has 132 valence electrons. The van der Waals surface area contributed by atoms with Gasteiger partial charge in [-0.3, -0.25) is 0 Å². The van der Waals surface area contributed by atoms with Crippen molar-refractivity contribution < 1.29 is 9.53 Å². The highest BCUT2D eigenvalue weighted by Crippen LogP contribution is 2.34. The predicted molar refractivity (Wildman–Crippen MR) is 98.5 cm³/mol. The van der Waals surface area contributed by atoms with Crippen molar-refractivity contribution in [2.45, 2.75) is 20.4 Å². The summed E-state index contributed by atoms with van der Waals surface area (Å²) in [5, 5.41) is 8.48. The maximum Gasteiger partial charge on any atom is 0.348 e. The van der Waals surface area contributed by atoms with Crippen molar-refractivity contribution in [3.8, 4) is 0 Å². The zero-order valence-corrected chi connectivity index (χ0v) is 15.3. The molecule has 0 spiro atoms. The molecule has 8 nitrogen and oxygen atoms in total. The molecule has 4 rings (SSSR count). The second-order valence-corrected chi connectivity index (χ2v) is 6.74. The van der Waals surface area contributed by atoms with Crippen molar-refractivity contribution in [1.82, 2.24) is 24.6 Å². The van der Waals surface area contributed by atoms with Gasteiger partial charge in [0.15, 0.2) is 5.65 Å². The number of esters is 1. The molecule has 0 fully saturated rings. The summed E-state index contributed by atoms with van der Waals surface area (Å²) >= 11 is 1.32. The highest BCUT2D eigenvalue weighted by atomic mass is 32.1. The van der Waals surface area contributed by atoms with Gasteiger partial charge >= 0.3 is 5.97 Å². The van der Waals surface area contributed by atoms with Gasteiger partial charge in [-0.2, -0.15) is 5.10 Å². The Balaban J connectivity index is 1.75. The van der Waals surface area contributed by atoms with Gasteiger partial charge in [-0.1, -0.05) is 0 Å². The Morgan fingerprint density at radius 2 is 2.12 bits per heavy atom.